The SMILES string of the molecule is CC(=NNc1ccc(C(F)(F)F)cn1)c1ccc(OCC(=O)N2CCCC2)cc1. The van der Waals surface area contributed by atoms with Gasteiger partial charge in [-0.1, -0.05) is 0 Å². The van der Waals surface area contributed by atoms with Crippen LogP contribution in [0.2, 0.25) is 0 Å². The van der Waals surface area contributed by atoms with Crippen LogP contribution < -0.4 is 10.2 Å². The molecule has 1 amide bonds. The standard InChI is InChI=1S/C20H21F3N4O2/c1-14(25-26-18-9-6-16(12-24-18)20(21,22)23)15-4-7-17(8-5-15)29-13-19(28)27-10-2-3-11-27/h4-9,12H,2-3,10-11,13H2,1H3,(H,24,26). The summed E-state index contributed by atoms with van der Waals surface area (Å²) in [6.45, 7) is 3.34. The van der Waals surface area contributed by atoms with Gasteiger partial charge in [0, 0.05) is 19.3 Å². The number of hydrogen-bond acceptors (Lipinski definition) is 5. The number of carbonyl (C=O) groups excluding carboxylic acids is 1. The number of hydrogen-bond donors (Lipinski definition) is 1. The maximum Gasteiger partial charge on any atom is 0.417 e. The Bertz CT molecular complexity index is 859. The van der Waals surface area contributed by atoms with E-state index in [0.29, 0.717) is 11.5 Å². The van der Waals surface area contributed by atoms with Crippen LogP contribution >= 0.6 is 0 Å². The van der Waals surface area contributed by atoms with Crippen molar-refractivity contribution in [1.29, 1.82) is 0 Å². The molecule has 6 nitrogen and oxygen atoms in total. The van der Waals surface area contributed by atoms with Crippen LogP contribution in [0.3, 0.4) is 0 Å². The van der Waals surface area contributed by atoms with E-state index in [-0.39, 0.29) is 18.3 Å². The number of nitrogens with zero attached hydrogens (tertiary/aromatic N) is 3. The number of amides is 1. The van der Waals surface area contributed by atoms with Crippen molar-refractivity contribution in [2.24, 2.45) is 5.10 Å². The summed E-state index contributed by atoms with van der Waals surface area (Å²) in [5, 5.41) is 4.13. The maximum atomic E-state index is 12.5. The lowest BCUT2D eigenvalue weighted by molar-refractivity contribution is -0.137. The van der Waals surface area contributed by atoms with E-state index < -0.39 is 11.7 Å². The Hall–Kier alpha value is -3.10. The van der Waals surface area contributed by atoms with E-state index in [4.69, 9.17) is 4.74 Å². The first-order chi connectivity index (χ1) is 13.8. The molecule has 2 heterocycles. The number of alkyl halides is 3. The number of halogens is 3. The molecule has 1 aliphatic heterocycles. The molecule has 1 aromatic carbocycles. The molecule has 1 aromatic heterocycles. The average molecular weight is 406 g/mol. The zero-order chi connectivity index (χ0) is 20.9. The monoisotopic (exact) mass is 406 g/mol. The Balaban J connectivity index is 1.53. The van der Waals surface area contributed by atoms with E-state index in [1.165, 1.54) is 6.07 Å². The predicted octanol–water partition coefficient (Wildman–Crippen LogP) is 3.94. The summed E-state index contributed by atoms with van der Waals surface area (Å²) in [6.07, 6.45) is -1.60. The topological polar surface area (TPSA) is 66.8 Å². The third-order valence-corrected chi connectivity index (χ3v) is 4.52. The number of benzene rings is 1. The molecule has 0 spiro atoms. The van der Waals surface area contributed by atoms with Crippen molar-refractivity contribution in [3.8, 4) is 5.75 Å². The average Bonchev–Trinajstić information content (AvgIpc) is 3.25. The van der Waals surface area contributed by atoms with Crippen molar-refractivity contribution in [1.82, 2.24) is 9.88 Å². The van der Waals surface area contributed by atoms with Gasteiger partial charge in [0.05, 0.1) is 11.3 Å². The molecule has 1 aliphatic rings. The van der Waals surface area contributed by atoms with E-state index in [9.17, 15) is 18.0 Å². The molecular formula is C20H21F3N4O2. The lowest BCUT2D eigenvalue weighted by atomic mass is 10.1. The fourth-order valence-corrected chi connectivity index (χ4v) is 2.83. The molecule has 0 unspecified atom stereocenters. The molecule has 0 atom stereocenters. The number of likely N-dealkylation sites (tertiary alicyclic amines) is 1. The highest BCUT2D eigenvalue weighted by Crippen LogP contribution is 2.28. The highest BCUT2D eigenvalue weighted by atomic mass is 19.4. The normalized spacial score (nSPS) is 14.8. The van der Waals surface area contributed by atoms with Gasteiger partial charge in [0.2, 0.25) is 0 Å². The fraction of sp³-hybridized carbons (Fsp3) is 0.350. The molecule has 1 saturated heterocycles. The quantitative estimate of drug-likeness (QED) is 0.583. The first kappa shape index (κ1) is 20.6. The molecule has 154 valence electrons. The van der Waals surface area contributed by atoms with Gasteiger partial charge in [-0.25, -0.2) is 4.98 Å². The molecule has 0 aliphatic carbocycles. The van der Waals surface area contributed by atoms with Crippen LogP contribution in [-0.4, -0.2) is 41.2 Å². The van der Waals surface area contributed by atoms with Gasteiger partial charge in [-0.05, 0) is 61.7 Å². The van der Waals surface area contributed by atoms with Gasteiger partial charge in [0.25, 0.3) is 5.91 Å². The summed E-state index contributed by atoms with van der Waals surface area (Å²) in [5.41, 5.74) is 3.23. The van der Waals surface area contributed by atoms with E-state index in [1.807, 2.05) is 0 Å². The smallest absolute Gasteiger partial charge is 0.417 e. The molecule has 9 heteroatoms. The largest absolute Gasteiger partial charge is 0.484 e. The van der Waals surface area contributed by atoms with Gasteiger partial charge in [0.1, 0.15) is 11.6 Å². The number of carbonyl (C=O) groups is 1. The van der Waals surface area contributed by atoms with Crippen LogP contribution in [0.1, 0.15) is 30.9 Å². The minimum Gasteiger partial charge on any atom is -0.484 e. The van der Waals surface area contributed by atoms with Gasteiger partial charge >= 0.3 is 6.18 Å². The van der Waals surface area contributed by atoms with E-state index in [0.717, 1.165) is 43.8 Å². The van der Waals surface area contributed by atoms with Crippen molar-refractivity contribution in [2.45, 2.75) is 25.9 Å². The van der Waals surface area contributed by atoms with Crippen LogP contribution in [0.4, 0.5) is 19.0 Å². The van der Waals surface area contributed by atoms with Crippen molar-refractivity contribution in [3.05, 3.63) is 53.7 Å². The van der Waals surface area contributed by atoms with Crippen LogP contribution in [0.5, 0.6) is 5.75 Å². The van der Waals surface area contributed by atoms with Crippen LogP contribution in [-0.2, 0) is 11.0 Å². The van der Waals surface area contributed by atoms with Gasteiger partial charge in [-0.3, -0.25) is 10.2 Å². The number of anilines is 1. The Morgan fingerprint density at radius 3 is 2.45 bits per heavy atom. The van der Waals surface area contributed by atoms with Crippen LogP contribution in [0.15, 0.2) is 47.7 Å². The number of aromatic nitrogens is 1. The second kappa shape index (κ2) is 8.93. The van der Waals surface area contributed by atoms with Crippen molar-refractivity contribution in [3.63, 3.8) is 0 Å². The first-order valence-corrected chi connectivity index (χ1v) is 9.17. The Kier molecular flexibility index (Phi) is 6.36. The summed E-state index contributed by atoms with van der Waals surface area (Å²) in [5.74, 6) is 0.766. The lowest BCUT2D eigenvalue weighted by Gasteiger charge is -2.15. The number of pyridine rings is 1. The second-order valence-corrected chi connectivity index (χ2v) is 6.64. The molecule has 1 fully saturated rings. The molecule has 0 bridgehead atoms. The summed E-state index contributed by atoms with van der Waals surface area (Å²) >= 11 is 0. The van der Waals surface area contributed by atoms with Crippen molar-refractivity contribution in [2.75, 3.05) is 25.1 Å². The zero-order valence-electron chi connectivity index (χ0n) is 15.9. The fourth-order valence-electron chi connectivity index (χ4n) is 2.83. The highest BCUT2D eigenvalue weighted by molar-refractivity contribution is 5.99. The Labute approximate surface area is 166 Å². The number of hydrazone groups is 1. The molecule has 0 saturated carbocycles. The van der Waals surface area contributed by atoms with Gasteiger partial charge in [0.15, 0.2) is 6.61 Å². The van der Waals surface area contributed by atoms with Gasteiger partial charge in [-0.2, -0.15) is 18.3 Å². The Morgan fingerprint density at radius 1 is 1.17 bits per heavy atom. The van der Waals surface area contributed by atoms with Crippen LogP contribution in [0.25, 0.3) is 0 Å². The minimum atomic E-state index is -4.42. The first-order valence-electron chi connectivity index (χ1n) is 9.17. The number of rotatable bonds is 6. The summed E-state index contributed by atoms with van der Waals surface area (Å²) in [6, 6.07) is 9.21. The summed E-state index contributed by atoms with van der Waals surface area (Å²) in [4.78, 5) is 17.5. The maximum absolute atomic E-state index is 12.5. The number of nitrogens with one attached hydrogen (secondary N) is 1. The van der Waals surface area contributed by atoms with Crippen molar-refractivity contribution < 1.29 is 22.7 Å². The summed E-state index contributed by atoms with van der Waals surface area (Å²) < 4.78 is 43.2. The highest BCUT2D eigenvalue weighted by Gasteiger charge is 2.30. The van der Waals surface area contributed by atoms with E-state index >= 15 is 0 Å². The van der Waals surface area contributed by atoms with Gasteiger partial charge in [-0.15, -0.1) is 0 Å². The van der Waals surface area contributed by atoms with Crippen LogP contribution in [0, 0.1) is 0 Å². The second-order valence-electron chi connectivity index (χ2n) is 6.64. The van der Waals surface area contributed by atoms with E-state index in [1.54, 1.807) is 36.1 Å². The summed E-state index contributed by atoms with van der Waals surface area (Å²) in [7, 11) is 0. The van der Waals surface area contributed by atoms with E-state index in [2.05, 4.69) is 15.5 Å². The van der Waals surface area contributed by atoms with Crippen molar-refractivity contribution >= 4 is 17.4 Å². The molecule has 0 radical (unpaired) electrons. The third-order valence-electron chi connectivity index (χ3n) is 4.52. The molecule has 1 N–H and O–H groups in total. The Morgan fingerprint density at radius 2 is 1.86 bits per heavy atom. The van der Waals surface area contributed by atoms with Gasteiger partial charge < -0.3 is 9.64 Å². The molecular weight excluding hydrogens is 385 g/mol. The number of ether oxygens (including phenoxy) is 1. The molecule has 29 heavy (non-hydrogen) atoms. The predicted molar refractivity (Wildman–Crippen MR) is 103 cm³/mol. The lowest BCUT2D eigenvalue weighted by Crippen LogP contribution is -2.32. The minimum absolute atomic E-state index is 0.00750. The third kappa shape index (κ3) is 5.69. The molecule has 3 rings (SSSR count). The zero-order valence-corrected chi connectivity index (χ0v) is 15.9. The molecule has 2 aromatic rings.